The van der Waals surface area contributed by atoms with E-state index in [4.69, 9.17) is 27.5 Å². The Morgan fingerprint density at radius 3 is 1.11 bits per heavy atom. The summed E-state index contributed by atoms with van der Waals surface area (Å²) in [7, 11) is -4.67. The van der Waals surface area contributed by atoms with Gasteiger partial charge in [-0.25, -0.2) is 0 Å². The fourth-order valence-corrected chi connectivity index (χ4v) is 0. The molecule has 0 spiro atoms. The second-order valence-corrected chi connectivity index (χ2v) is 3.24. The molecule has 0 radical (unpaired) electrons. The van der Waals surface area contributed by atoms with Gasteiger partial charge in [0.1, 0.15) is 0 Å². The van der Waals surface area contributed by atoms with Crippen LogP contribution < -0.4 is 0 Å². The number of hydrogen-bond acceptors (Lipinski definition) is 3. The molecule has 0 bridgehead atoms. The van der Waals surface area contributed by atoms with Gasteiger partial charge in [-0.05, 0) is 0 Å². The quantitative estimate of drug-likeness (QED) is 0.287. The number of hydrogen-bond donors (Lipinski definition) is 4. The molecule has 0 unspecified atom stereocenters. The summed E-state index contributed by atoms with van der Waals surface area (Å²) in [5.41, 5.74) is 0. The van der Waals surface area contributed by atoms with E-state index in [-0.39, 0.29) is 0 Å². The Bertz CT molecular complexity index is 151. The molecule has 4 N–H and O–H groups in total. The van der Waals surface area contributed by atoms with Gasteiger partial charge in [0.15, 0.2) is 0 Å². The van der Waals surface area contributed by atoms with Crippen molar-refractivity contribution in [3.63, 3.8) is 0 Å². The van der Waals surface area contributed by atoms with Crippen LogP contribution in [0.1, 0.15) is 0 Å². The van der Waals surface area contributed by atoms with Crippen LogP contribution in [-0.4, -0.2) is 45.0 Å². The zero-order valence-corrected chi connectivity index (χ0v) is 7.59. The monoisotopic (exact) mass is 268 g/mol. The fraction of sp³-hybridized carbons (Fsp3) is 0. The van der Waals surface area contributed by atoms with Crippen LogP contribution in [0.2, 0.25) is 0 Å². The van der Waals surface area contributed by atoms with E-state index in [1.807, 2.05) is 0 Å². The molecule has 0 saturated carbocycles. The van der Waals surface area contributed by atoms with Crippen LogP contribution in [0.15, 0.2) is 0 Å². The summed E-state index contributed by atoms with van der Waals surface area (Å²) in [5.74, 6) is 0. The summed E-state index contributed by atoms with van der Waals surface area (Å²) < 4.78 is 54.9. The average Bonchev–Trinajstić information content (AvgIpc) is 1.19. The molecule has 0 fully saturated rings. The van der Waals surface area contributed by atoms with Crippen molar-refractivity contribution in [1.82, 2.24) is 0 Å². The van der Waals surface area contributed by atoms with Crippen molar-refractivity contribution in [1.29, 1.82) is 0 Å². The molecule has 0 amide bonds. The predicted molar refractivity (Wildman–Crippen MR) is 25.1 cm³/mol. The molecule has 0 aromatic carbocycles. The molecule has 0 aliphatic carbocycles. The molecule has 0 aromatic rings. The maximum absolute atomic E-state index is 8.84. The topological polar surface area (TPSA) is 132 Å². The third-order valence-electron chi connectivity index (χ3n) is 0. The summed E-state index contributed by atoms with van der Waals surface area (Å²) >= 11 is -3.79. The minimum absolute atomic E-state index is 3.79. The second-order valence-electron chi connectivity index (χ2n) is 0.730. The molecule has 0 heterocycles. The minimum atomic E-state index is -4.67. The molecule has 56 valence electrons. The van der Waals surface area contributed by atoms with Crippen LogP contribution in [0.25, 0.3) is 0 Å². The summed E-state index contributed by atoms with van der Waals surface area (Å²) in [5, 5.41) is 0. The third-order valence-corrected chi connectivity index (χ3v) is 0. The van der Waals surface area contributed by atoms with Crippen LogP contribution >= 0.6 is 0 Å². The van der Waals surface area contributed by atoms with Crippen LogP contribution in [0.3, 0.4) is 0 Å². The van der Waals surface area contributed by atoms with Crippen molar-refractivity contribution >= 4 is 31.0 Å². The van der Waals surface area contributed by atoms with Crippen molar-refractivity contribution in [2.75, 3.05) is 0 Å². The van der Waals surface area contributed by atoms with Gasteiger partial charge in [0, 0.05) is 0 Å². The van der Waals surface area contributed by atoms with E-state index >= 15 is 0 Å². The van der Waals surface area contributed by atoms with E-state index in [2.05, 4.69) is 0 Å². The Labute approximate surface area is 58.7 Å². The van der Waals surface area contributed by atoms with Gasteiger partial charge < -0.3 is 0 Å². The van der Waals surface area contributed by atoms with Crippen molar-refractivity contribution in [2.45, 2.75) is 0 Å². The summed E-state index contributed by atoms with van der Waals surface area (Å²) in [6.07, 6.45) is 0. The molecule has 0 aliphatic rings. The van der Waals surface area contributed by atoms with E-state index in [1.54, 1.807) is 0 Å². The summed E-state index contributed by atoms with van der Waals surface area (Å²) in [6, 6.07) is 0. The predicted octanol–water partition coefficient (Wildman–Crippen LogP) is -2.27. The van der Waals surface area contributed by atoms with Crippen molar-refractivity contribution < 1.29 is 27.5 Å². The molecule has 0 rings (SSSR count). The second kappa shape index (κ2) is 5.20. The van der Waals surface area contributed by atoms with Gasteiger partial charge in [-0.2, -0.15) is 8.42 Å². The fourth-order valence-electron chi connectivity index (χ4n) is 0. The first-order chi connectivity index (χ1) is 3.73. The Balaban J connectivity index is 0. The average molecular weight is 267 g/mol. The molecule has 0 atom stereocenters. The molecule has 0 aliphatic heterocycles. The normalized spacial score (nSPS) is 9.33. The molecule has 0 saturated heterocycles. The SMILES string of the molecule is O=S(=O)(O)O.[O]=[Sn]([OH])[OH]. The Kier molecular flexibility index (Phi) is 6.99. The Hall–Kier alpha value is 0.389. The molecule has 9 heavy (non-hydrogen) atoms. The first kappa shape index (κ1) is 12.1. The van der Waals surface area contributed by atoms with E-state index in [9.17, 15) is 0 Å². The Morgan fingerprint density at radius 1 is 1.11 bits per heavy atom. The first-order valence-electron chi connectivity index (χ1n) is 1.35. The van der Waals surface area contributed by atoms with Gasteiger partial charge in [-0.1, -0.05) is 0 Å². The van der Waals surface area contributed by atoms with Crippen LogP contribution in [-0.2, 0) is 13.5 Å². The van der Waals surface area contributed by atoms with Gasteiger partial charge in [0.05, 0.1) is 0 Å². The van der Waals surface area contributed by atoms with E-state index in [1.165, 1.54) is 0 Å². The van der Waals surface area contributed by atoms with E-state index in [0.717, 1.165) is 0 Å². The third kappa shape index (κ3) is 2270. The Morgan fingerprint density at radius 2 is 1.11 bits per heavy atom. The zero-order chi connectivity index (χ0) is 8.08. The van der Waals surface area contributed by atoms with E-state index in [0.29, 0.717) is 0 Å². The van der Waals surface area contributed by atoms with Gasteiger partial charge >= 0.3 is 40.9 Å². The van der Waals surface area contributed by atoms with Gasteiger partial charge in [-0.15, -0.1) is 0 Å². The van der Waals surface area contributed by atoms with Gasteiger partial charge in [0.2, 0.25) is 0 Å². The molecule has 7 nitrogen and oxygen atoms in total. The summed E-state index contributed by atoms with van der Waals surface area (Å²) in [6.45, 7) is 0. The van der Waals surface area contributed by atoms with Crippen molar-refractivity contribution in [3.8, 4) is 0 Å². The first-order valence-corrected chi connectivity index (χ1v) is 6.46. The van der Waals surface area contributed by atoms with Crippen molar-refractivity contribution in [3.05, 3.63) is 0 Å². The van der Waals surface area contributed by atoms with Gasteiger partial charge in [0.25, 0.3) is 0 Å². The molecular formula is H4O7SSn. The zero-order valence-electron chi connectivity index (χ0n) is 3.92. The summed E-state index contributed by atoms with van der Waals surface area (Å²) in [4.78, 5) is 0. The molecular weight excluding hydrogens is 263 g/mol. The number of rotatable bonds is 0. The van der Waals surface area contributed by atoms with E-state index < -0.39 is 31.0 Å². The van der Waals surface area contributed by atoms with Crippen LogP contribution in [0.4, 0.5) is 0 Å². The van der Waals surface area contributed by atoms with Crippen molar-refractivity contribution in [2.24, 2.45) is 0 Å². The van der Waals surface area contributed by atoms with Gasteiger partial charge in [-0.3, -0.25) is 9.11 Å². The maximum atomic E-state index is 8.84. The van der Waals surface area contributed by atoms with Crippen LogP contribution in [0, 0.1) is 0 Å². The molecule has 0 aromatic heterocycles. The molecule has 9 heteroatoms. The van der Waals surface area contributed by atoms with Crippen LogP contribution in [0.5, 0.6) is 0 Å². The standard InChI is InChI=1S/H2O4S.2H2O.O.Sn/c1-5(2,3)4;;;;/h(H2,1,2,3,4);2*1H2;;/q;;;;+2/p-2.